The van der Waals surface area contributed by atoms with Crippen LogP contribution in [-0.2, 0) is 0 Å². The number of methoxy groups -OCH3 is 3. The zero-order chi connectivity index (χ0) is 15.4. The SMILES string of the molecule is COc1cc(NC(=O)c2ccc(Cl)s2)cc(OC)c1OC. The van der Waals surface area contributed by atoms with E-state index in [1.165, 1.54) is 32.7 Å². The molecule has 0 fully saturated rings. The summed E-state index contributed by atoms with van der Waals surface area (Å²) < 4.78 is 16.3. The van der Waals surface area contributed by atoms with Gasteiger partial charge < -0.3 is 19.5 Å². The van der Waals surface area contributed by atoms with Gasteiger partial charge in [-0.05, 0) is 12.1 Å². The molecule has 0 aliphatic rings. The van der Waals surface area contributed by atoms with Crippen LogP contribution in [0.2, 0.25) is 4.34 Å². The van der Waals surface area contributed by atoms with E-state index in [4.69, 9.17) is 25.8 Å². The molecular weight excluding hydrogens is 314 g/mol. The number of benzene rings is 1. The Labute approximate surface area is 131 Å². The Morgan fingerprint density at radius 2 is 1.71 bits per heavy atom. The van der Waals surface area contributed by atoms with Crippen LogP contribution in [0.5, 0.6) is 17.2 Å². The van der Waals surface area contributed by atoms with Gasteiger partial charge >= 0.3 is 0 Å². The van der Waals surface area contributed by atoms with Crippen molar-refractivity contribution in [2.24, 2.45) is 0 Å². The second-order valence-corrected chi connectivity index (χ2v) is 5.69. The average Bonchev–Trinajstić information content (AvgIpc) is 2.92. The summed E-state index contributed by atoms with van der Waals surface area (Å²) in [6, 6.07) is 6.67. The van der Waals surface area contributed by atoms with E-state index >= 15 is 0 Å². The monoisotopic (exact) mass is 327 g/mol. The van der Waals surface area contributed by atoms with Gasteiger partial charge in [0.15, 0.2) is 11.5 Å². The summed E-state index contributed by atoms with van der Waals surface area (Å²) in [7, 11) is 4.55. The number of nitrogens with one attached hydrogen (secondary N) is 1. The van der Waals surface area contributed by atoms with Gasteiger partial charge in [-0.1, -0.05) is 11.6 Å². The number of anilines is 1. The molecule has 5 nitrogen and oxygen atoms in total. The number of rotatable bonds is 5. The topological polar surface area (TPSA) is 56.8 Å². The second-order valence-electron chi connectivity index (χ2n) is 3.97. The van der Waals surface area contributed by atoms with E-state index in [0.29, 0.717) is 32.1 Å². The van der Waals surface area contributed by atoms with Crippen molar-refractivity contribution in [2.75, 3.05) is 26.6 Å². The van der Waals surface area contributed by atoms with Gasteiger partial charge in [0.25, 0.3) is 5.91 Å². The molecule has 0 bridgehead atoms. The molecular formula is C14H14ClNO4S. The van der Waals surface area contributed by atoms with Crippen molar-refractivity contribution in [1.29, 1.82) is 0 Å². The van der Waals surface area contributed by atoms with Gasteiger partial charge in [0.2, 0.25) is 5.75 Å². The number of hydrogen-bond donors (Lipinski definition) is 1. The maximum Gasteiger partial charge on any atom is 0.265 e. The van der Waals surface area contributed by atoms with Crippen molar-refractivity contribution in [3.05, 3.63) is 33.5 Å². The lowest BCUT2D eigenvalue weighted by Crippen LogP contribution is -2.10. The summed E-state index contributed by atoms with van der Waals surface area (Å²) in [6.07, 6.45) is 0. The Morgan fingerprint density at radius 1 is 1.10 bits per heavy atom. The third-order valence-electron chi connectivity index (χ3n) is 2.72. The number of hydrogen-bond acceptors (Lipinski definition) is 5. The van der Waals surface area contributed by atoms with Gasteiger partial charge in [-0.15, -0.1) is 11.3 Å². The molecule has 2 aromatic rings. The Bertz CT molecular complexity index is 631. The molecule has 1 N–H and O–H groups in total. The molecule has 1 aromatic heterocycles. The number of carbonyl (C=O) groups excluding carboxylic acids is 1. The molecule has 1 amide bonds. The van der Waals surface area contributed by atoms with Crippen LogP contribution < -0.4 is 19.5 Å². The fourth-order valence-electron chi connectivity index (χ4n) is 1.78. The maximum atomic E-state index is 12.1. The van der Waals surface area contributed by atoms with Gasteiger partial charge in [0.05, 0.1) is 30.5 Å². The number of thiophene rings is 1. The summed E-state index contributed by atoms with van der Waals surface area (Å²) in [6.45, 7) is 0. The van der Waals surface area contributed by atoms with Crippen LogP contribution >= 0.6 is 22.9 Å². The minimum atomic E-state index is -0.249. The highest BCUT2D eigenvalue weighted by Crippen LogP contribution is 2.40. The summed E-state index contributed by atoms with van der Waals surface area (Å²) in [4.78, 5) is 12.6. The predicted molar refractivity (Wildman–Crippen MR) is 83.4 cm³/mol. The summed E-state index contributed by atoms with van der Waals surface area (Å²) in [5.41, 5.74) is 0.541. The van der Waals surface area contributed by atoms with Gasteiger partial charge in [-0.3, -0.25) is 4.79 Å². The standard InChI is InChI=1S/C14H14ClNO4S/c1-18-9-6-8(7-10(19-2)13(9)20-3)16-14(17)11-4-5-12(15)21-11/h4-7H,1-3H3,(H,16,17). The fourth-order valence-corrected chi connectivity index (χ4v) is 2.72. The number of amides is 1. The molecule has 0 atom stereocenters. The number of carbonyl (C=O) groups is 1. The van der Waals surface area contributed by atoms with Crippen LogP contribution in [0, 0.1) is 0 Å². The third kappa shape index (κ3) is 3.40. The smallest absolute Gasteiger partial charge is 0.265 e. The Kier molecular flexibility index (Phi) is 4.93. The number of halogens is 1. The van der Waals surface area contributed by atoms with Crippen molar-refractivity contribution in [2.45, 2.75) is 0 Å². The van der Waals surface area contributed by atoms with Crippen molar-refractivity contribution >= 4 is 34.5 Å². The molecule has 21 heavy (non-hydrogen) atoms. The van der Waals surface area contributed by atoms with Gasteiger partial charge in [0, 0.05) is 17.8 Å². The number of ether oxygens (including phenoxy) is 3. The van der Waals surface area contributed by atoms with Crippen molar-refractivity contribution in [1.82, 2.24) is 0 Å². The second kappa shape index (κ2) is 6.69. The summed E-state index contributed by atoms with van der Waals surface area (Å²) in [5, 5.41) is 2.77. The lowest BCUT2D eigenvalue weighted by Gasteiger charge is -2.14. The Balaban J connectivity index is 2.29. The van der Waals surface area contributed by atoms with Crippen LogP contribution in [0.25, 0.3) is 0 Å². The van der Waals surface area contributed by atoms with E-state index < -0.39 is 0 Å². The zero-order valence-electron chi connectivity index (χ0n) is 11.7. The van der Waals surface area contributed by atoms with Crippen molar-refractivity contribution < 1.29 is 19.0 Å². The van der Waals surface area contributed by atoms with Crippen LogP contribution in [0.15, 0.2) is 24.3 Å². The molecule has 1 aromatic carbocycles. The lowest BCUT2D eigenvalue weighted by atomic mass is 10.2. The molecule has 0 aliphatic heterocycles. The molecule has 112 valence electrons. The molecule has 0 unspecified atom stereocenters. The molecule has 0 aliphatic carbocycles. The zero-order valence-corrected chi connectivity index (χ0v) is 13.3. The van der Waals surface area contributed by atoms with Gasteiger partial charge in [-0.2, -0.15) is 0 Å². The highest BCUT2D eigenvalue weighted by Gasteiger charge is 2.15. The molecule has 0 spiro atoms. The van der Waals surface area contributed by atoms with E-state index in [2.05, 4.69) is 5.32 Å². The first-order chi connectivity index (χ1) is 10.1. The molecule has 0 saturated carbocycles. The minimum absolute atomic E-state index is 0.249. The lowest BCUT2D eigenvalue weighted by molar-refractivity contribution is 0.103. The normalized spacial score (nSPS) is 10.1. The highest BCUT2D eigenvalue weighted by molar-refractivity contribution is 7.18. The molecule has 2 rings (SSSR count). The fraction of sp³-hybridized carbons (Fsp3) is 0.214. The van der Waals surface area contributed by atoms with E-state index in [-0.39, 0.29) is 5.91 Å². The summed E-state index contributed by atoms with van der Waals surface area (Å²) in [5.74, 6) is 1.16. The van der Waals surface area contributed by atoms with E-state index in [0.717, 1.165) is 0 Å². The Morgan fingerprint density at radius 3 is 2.14 bits per heavy atom. The molecule has 1 heterocycles. The molecule has 0 saturated heterocycles. The first kappa shape index (κ1) is 15.5. The third-order valence-corrected chi connectivity index (χ3v) is 3.95. The maximum absolute atomic E-state index is 12.1. The first-order valence-corrected chi connectivity index (χ1v) is 7.15. The Hall–Kier alpha value is -1.92. The van der Waals surface area contributed by atoms with E-state index in [1.54, 1.807) is 24.3 Å². The largest absolute Gasteiger partial charge is 0.493 e. The van der Waals surface area contributed by atoms with E-state index in [1.807, 2.05) is 0 Å². The highest BCUT2D eigenvalue weighted by atomic mass is 35.5. The molecule has 7 heteroatoms. The molecule has 0 radical (unpaired) electrons. The minimum Gasteiger partial charge on any atom is -0.493 e. The van der Waals surface area contributed by atoms with Crippen molar-refractivity contribution in [3.63, 3.8) is 0 Å². The van der Waals surface area contributed by atoms with E-state index in [9.17, 15) is 4.79 Å². The van der Waals surface area contributed by atoms with Gasteiger partial charge in [0.1, 0.15) is 0 Å². The first-order valence-electron chi connectivity index (χ1n) is 5.95. The quantitative estimate of drug-likeness (QED) is 0.910. The predicted octanol–water partition coefficient (Wildman–Crippen LogP) is 3.68. The van der Waals surface area contributed by atoms with Crippen LogP contribution in [0.4, 0.5) is 5.69 Å². The average molecular weight is 328 g/mol. The van der Waals surface area contributed by atoms with Crippen molar-refractivity contribution in [3.8, 4) is 17.2 Å². The summed E-state index contributed by atoms with van der Waals surface area (Å²) >= 11 is 7.03. The van der Waals surface area contributed by atoms with Gasteiger partial charge in [-0.25, -0.2) is 0 Å². The van der Waals surface area contributed by atoms with Crippen LogP contribution in [0.1, 0.15) is 9.67 Å². The van der Waals surface area contributed by atoms with Crippen LogP contribution in [-0.4, -0.2) is 27.2 Å². The van der Waals surface area contributed by atoms with Crippen LogP contribution in [0.3, 0.4) is 0 Å².